The number of benzene rings is 1. The average molecular weight is 245 g/mol. The van der Waals surface area contributed by atoms with Crippen molar-refractivity contribution in [2.24, 2.45) is 0 Å². The van der Waals surface area contributed by atoms with E-state index in [0.29, 0.717) is 6.04 Å². The molecule has 1 aromatic heterocycles. The lowest BCUT2D eigenvalue weighted by atomic mass is 10.1. The molecular formula is C14H15NOS. The molecular weight excluding hydrogens is 230 g/mol. The smallest absolute Gasteiger partial charge is 0.120 e. The molecule has 3 heteroatoms. The SMILES string of the molecule is C[C@@H](NC1CSc2ccccc21)c1ccco1. The molecule has 2 atom stereocenters. The van der Waals surface area contributed by atoms with Crippen LogP contribution in [0.4, 0.5) is 0 Å². The van der Waals surface area contributed by atoms with Crippen molar-refractivity contribution in [3.63, 3.8) is 0 Å². The molecule has 2 aromatic rings. The van der Waals surface area contributed by atoms with Crippen LogP contribution in [0.5, 0.6) is 0 Å². The highest BCUT2D eigenvalue weighted by atomic mass is 32.2. The lowest BCUT2D eigenvalue weighted by Gasteiger charge is -2.18. The molecule has 1 N–H and O–H groups in total. The number of thioether (sulfide) groups is 1. The predicted octanol–water partition coefficient (Wildman–Crippen LogP) is 3.78. The molecule has 2 nitrogen and oxygen atoms in total. The summed E-state index contributed by atoms with van der Waals surface area (Å²) in [5.41, 5.74) is 1.41. The van der Waals surface area contributed by atoms with Gasteiger partial charge in [0.25, 0.3) is 0 Å². The molecule has 1 aromatic carbocycles. The molecule has 1 aliphatic heterocycles. The Morgan fingerprint density at radius 1 is 1.29 bits per heavy atom. The molecule has 88 valence electrons. The van der Waals surface area contributed by atoms with Crippen LogP contribution in [0.2, 0.25) is 0 Å². The maximum Gasteiger partial charge on any atom is 0.120 e. The van der Waals surface area contributed by atoms with Gasteiger partial charge in [-0.3, -0.25) is 5.32 Å². The zero-order chi connectivity index (χ0) is 11.7. The first-order valence-corrected chi connectivity index (χ1v) is 6.84. The van der Waals surface area contributed by atoms with E-state index in [1.807, 2.05) is 23.9 Å². The highest BCUT2D eigenvalue weighted by Crippen LogP contribution is 2.38. The molecule has 17 heavy (non-hydrogen) atoms. The molecule has 0 aliphatic carbocycles. The van der Waals surface area contributed by atoms with Gasteiger partial charge in [0.15, 0.2) is 0 Å². The third kappa shape index (κ3) is 2.13. The van der Waals surface area contributed by atoms with Crippen molar-refractivity contribution in [2.45, 2.75) is 23.9 Å². The van der Waals surface area contributed by atoms with Gasteiger partial charge in [-0.05, 0) is 30.7 Å². The maximum absolute atomic E-state index is 5.42. The molecule has 0 saturated heterocycles. The Kier molecular flexibility index (Phi) is 2.95. The van der Waals surface area contributed by atoms with Gasteiger partial charge in [-0.1, -0.05) is 18.2 Å². The molecule has 0 fully saturated rings. The monoisotopic (exact) mass is 245 g/mol. The van der Waals surface area contributed by atoms with Gasteiger partial charge in [-0.15, -0.1) is 11.8 Å². The second-order valence-electron chi connectivity index (χ2n) is 4.31. The third-order valence-corrected chi connectivity index (χ3v) is 4.30. The Morgan fingerprint density at radius 2 is 2.18 bits per heavy atom. The standard InChI is InChI=1S/C14H15NOS/c1-10(13-6-4-8-16-13)15-12-9-17-14-7-3-2-5-11(12)14/h2-8,10,12,15H,9H2,1H3/t10-,12?/m1/s1. The van der Waals surface area contributed by atoms with Crippen LogP contribution >= 0.6 is 11.8 Å². The number of fused-ring (bicyclic) bond motifs is 1. The van der Waals surface area contributed by atoms with Gasteiger partial charge < -0.3 is 4.42 Å². The molecule has 1 unspecified atom stereocenters. The summed E-state index contributed by atoms with van der Waals surface area (Å²) < 4.78 is 5.42. The molecule has 0 amide bonds. The largest absolute Gasteiger partial charge is 0.468 e. The quantitative estimate of drug-likeness (QED) is 0.891. The number of hydrogen-bond acceptors (Lipinski definition) is 3. The Morgan fingerprint density at radius 3 is 3.00 bits per heavy atom. The number of nitrogens with one attached hydrogen (secondary N) is 1. The van der Waals surface area contributed by atoms with Gasteiger partial charge in [0.1, 0.15) is 5.76 Å². The molecule has 3 rings (SSSR count). The van der Waals surface area contributed by atoms with Gasteiger partial charge in [0.05, 0.1) is 12.3 Å². The van der Waals surface area contributed by atoms with E-state index in [0.717, 1.165) is 11.5 Å². The van der Waals surface area contributed by atoms with E-state index < -0.39 is 0 Å². The molecule has 1 aliphatic rings. The van der Waals surface area contributed by atoms with Crippen molar-refractivity contribution in [3.05, 3.63) is 54.0 Å². The van der Waals surface area contributed by atoms with E-state index in [1.165, 1.54) is 10.5 Å². The fraction of sp³-hybridized carbons (Fsp3) is 0.286. The average Bonchev–Trinajstić information content (AvgIpc) is 2.98. The molecule has 0 spiro atoms. The summed E-state index contributed by atoms with van der Waals surface area (Å²) in [6, 6.07) is 13.2. The summed E-state index contributed by atoms with van der Waals surface area (Å²) >= 11 is 1.92. The summed E-state index contributed by atoms with van der Waals surface area (Å²) in [6.07, 6.45) is 1.73. The number of hydrogen-bond donors (Lipinski definition) is 1. The van der Waals surface area contributed by atoms with E-state index in [2.05, 4.69) is 36.5 Å². The molecule has 0 bridgehead atoms. The summed E-state index contributed by atoms with van der Waals surface area (Å²) in [5.74, 6) is 2.10. The fourth-order valence-corrected chi connectivity index (χ4v) is 3.40. The van der Waals surface area contributed by atoms with Gasteiger partial charge in [-0.2, -0.15) is 0 Å². The highest BCUT2D eigenvalue weighted by Gasteiger charge is 2.24. The van der Waals surface area contributed by atoms with Crippen molar-refractivity contribution < 1.29 is 4.42 Å². The number of furan rings is 1. The number of rotatable bonds is 3. The third-order valence-electron chi connectivity index (χ3n) is 3.12. The van der Waals surface area contributed by atoms with Gasteiger partial charge in [-0.25, -0.2) is 0 Å². The summed E-state index contributed by atoms with van der Waals surface area (Å²) in [7, 11) is 0. The zero-order valence-electron chi connectivity index (χ0n) is 9.72. The van der Waals surface area contributed by atoms with Gasteiger partial charge in [0, 0.05) is 16.7 Å². The van der Waals surface area contributed by atoms with Gasteiger partial charge in [0.2, 0.25) is 0 Å². The van der Waals surface area contributed by atoms with Crippen molar-refractivity contribution in [1.82, 2.24) is 5.32 Å². The van der Waals surface area contributed by atoms with E-state index in [4.69, 9.17) is 4.42 Å². The first-order chi connectivity index (χ1) is 8.34. The lowest BCUT2D eigenvalue weighted by Crippen LogP contribution is -2.24. The van der Waals surface area contributed by atoms with Crippen molar-refractivity contribution in [1.29, 1.82) is 0 Å². The van der Waals surface area contributed by atoms with Crippen LogP contribution in [-0.4, -0.2) is 5.75 Å². The minimum atomic E-state index is 0.252. The minimum absolute atomic E-state index is 0.252. The second-order valence-corrected chi connectivity index (χ2v) is 5.37. The Hall–Kier alpha value is -1.19. The van der Waals surface area contributed by atoms with Crippen molar-refractivity contribution in [3.8, 4) is 0 Å². The van der Waals surface area contributed by atoms with E-state index in [-0.39, 0.29) is 6.04 Å². The van der Waals surface area contributed by atoms with Gasteiger partial charge >= 0.3 is 0 Å². The summed E-state index contributed by atoms with van der Waals surface area (Å²) in [4.78, 5) is 1.40. The van der Waals surface area contributed by atoms with E-state index in [1.54, 1.807) is 6.26 Å². The van der Waals surface area contributed by atoms with Crippen molar-refractivity contribution in [2.75, 3.05) is 5.75 Å². The molecule has 0 saturated carbocycles. The zero-order valence-corrected chi connectivity index (χ0v) is 10.5. The maximum atomic E-state index is 5.42. The summed E-state index contributed by atoms with van der Waals surface area (Å²) in [5, 5.41) is 3.62. The predicted molar refractivity (Wildman–Crippen MR) is 70.2 cm³/mol. The van der Waals surface area contributed by atoms with Crippen LogP contribution < -0.4 is 5.32 Å². The van der Waals surface area contributed by atoms with Crippen LogP contribution in [0.15, 0.2) is 52.0 Å². The van der Waals surface area contributed by atoms with E-state index in [9.17, 15) is 0 Å². The summed E-state index contributed by atoms with van der Waals surface area (Å²) in [6.45, 7) is 2.14. The van der Waals surface area contributed by atoms with Crippen LogP contribution in [0.3, 0.4) is 0 Å². The first kappa shape index (κ1) is 10.9. The topological polar surface area (TPSA) is 25.2 Å². The molecule has 2 heterocycles. The molecule has 0 radical (unpaired) electrons. The minimum Gasteiger partial charge on any atom is -0.468 e. The highest BCUT2D eigenvalue weighted by molar-refractivity contribution is 7.99. The Balaban J connectivity index is 1.75. The first-order valence-electron chi connectivity index (χ1n) is 5.86. The Labute approximate surface area is 105 Å². The van der Waals surface area contributed by atoms with Crippen LogP contribution in [-0.2, 0) is 0 Å². The van der Waals surface area contributed by atoms with E-state index >= 15 is 0 Å². The van der Waals surface area contributed by atoms with Crippen LogP contribution in [0, 0.1) is 0 Å². The lowest BCUT2D eigenvalue weighted by molar-refractivity contribution is 0.405. The fourth-order valence-electron chi connectivity index (χ4n) is 2.22. The van der Waals surface area contributed by atoms with Crippen LogP contribution in [0.1, 0.15) is 30.3 Å². The second kappa shape index (κ2) is 4.59. The normalized spacial score (nSPS) is 20.2. The van der Waals surface area contributed by atoms with Crippen molar-refractivity contribution >= 4 is 11.8 Å². The van der Waals surface area contributed by atoms with Crippen LogP contribution in [0.25, 0.3) is 0 Å². The Bertz CT molecular complexity index is 495.